The van der Waals surface area contributed by atoms with Crippen molar-refractivity contribution < 1.29 is 20.1 Å². The van der Waals surface area contributed by atoms with Crippen LogP contribution in [0.1, 0.15) is 13.3 Å². The number of hydrogen-bond donors (Lipinski definition) is 4. The largest absolute Gasteiger partial charge is 0.481 e. The van der Waals surface area contributed by atoms with Crippen LogP contribution in [0.5, 0.6) is 0 Å². The molecule has 5 nitrogen and oxygen atoms in total. The smallest absolute Gasteiger partial charge is 0.300 e. The van der Waals surface area contributed by atoms with Gasteiger partial charge in [0.1, 0.15) is 0 Å². The van der Waals surface area contributed by atoms with Crippen molar-refractivity contribution in [1.82, 2.24) is 5.32 Å². The van der Waals surface area contributed by atoms with Crippen molar-refractivity contribution in [2.24, 2.45) is 0 Å². The van der Waals surface area contributed by atoms with Crippen molar-refractivity contribution in [3.8, 4) is 0 Å². The van der Waals surface area contributed by atoms with E-state index in [2.05, 4.69) is 5.32 Å². The van der Waals surface area contributed by atoms with E-state index in [0.717, 1.165) is 13.5 Å². The average Bonchev–Trinajstić information content (AvgIpc) is 1.94. The molecular formula is C7H15NO4. The Kier molecular flexibility index (Phi) is 5.61. The van der Waals surface area contributed by atoms with Crippen molar-refractivity contribution in [3.63, 3.8) is 0 Å². The molecule has 0 amide bonds. The number of piperidine rings is 1. The molecule has 4 N–H and O–H groups in total. The zero-order valence-corrected chi connectivity index (χ0v) is 7.03. The number of hydrogen-bond acceptors (Lipinski definition) is 4. The summed E-state index contributed by atoms with van der Waals surface area (Å²) in [6.07, 6.45) is -0.388. The Hall–Kier alpha value is -0.650. The van der Waals surface area contributed by atoms with Gasteiger partial charge in [0, 0.05) is 13.5 Å². The minimum atomic E-state index is -0.833. The Morgan fingerprint density at radius 1 is 1.42 bits per heavy atom. The Labute approximate surface area is 71.0 Å². The quantitative estimate of drug-likeness (QED) is 0.373. The van der Waals surface area contributed by atoms with E-state index in [0.29, 0.717) is 13.0 Å². The van der Waals surface area contributed by atoms with E-state index >= 15 is 0 Å². The summed E-state index contributed by atoms with van der Waals surface area (Å²) in [6.45, 7) is 2.43. The minimum absolute atomic E-state index is 0.503. The van der Waals surface area contributed by atoms with Crippen LogP contribution < -0.4 is 5.32 Å². The molecule has 0 bridgehead atoms. The lowest BCUT2D eigenvalue weighted by atomic mass is 10.1. The third-order valence-corrected chi connectivity index (χ3v) is 1.41. The highest BCUT2D eigenvalue weighted by molar-refractivity contribution is 5.62. The molecule has 1 aliphatic heterocycles. The predicted molar refractivity (Wildman–Crippen MR) is 42.8 cm³/mol. The van der Waals surface area contributed by atoms with Gasteiger partial charge in [0.2, 0.25) is 0 Å². The maximum Gasteiger partial charge on any atom is 0.300 e. The normalized spacial score (nSPS) is 28.6. The zero-order valence-electron chi connectivity index (χ0n) is 7.03. The Morgan fingerprint density at radius 3 is 2.17 bits per heavy atom. The van der Waals surface area contributed by atoms with Gasteiger partial charge < -0.3 is 20.6 Å². The first-order valence-electron chi connectivity index (χ1n) is 3.80. The van der Waals surface area contributed by atoms with Gasteiger partial charge in [-0.05, 0) is 13.0 Å². The summed E-state index contributed by atoms with van der Waals surface area (Å²) >= 11 is 0. The van der Waals surface area contributed by atoms with E-state index < -0.39 is 18.2 Å². The first-order valence-corrected chi connectivity index (χ1v) is 3.80. The zero-order chi connectivity index (χ0) is 9.56. The van der Waals surface area contributed by atoms with Crippen molar-refractivity contribution in [1.29, 1.82) is 0 Å². The number of rotatable bonds is 0. The van der Waals surface area contributed by atoms with Crippen LogP contribution >= 0.6 is 0 Å². The molecule has 0 aromatic rings. The second-order valence-corrected chi connectivity index (χ2v) is 2.65. The van der Waals surface area contributed by atoms with Crippen LogP contribution in [0.3, 0.4) is 0 Å². The fourth-order valence-corrected chi connectivity index (χ4v) is 0.828. The molecule has 1 saturated heterocycles. The summed E-state index contributed by atoms with van der Waals surface area (Å²) < 4.78 is 0. The Bertz CT molecular complexity index is 125. The minimum Gasteiger partial charge on any atom is -0.481 e. The number of nitrogens with one attached hydrogen (secondary N) is 1. The maximum absolute atomic E-state index is 9.00. The molecular weight excluding hydrogens is 162 g/mol. The van der Waals surface area contributed by atoms with Gasteiger partial charge in [-0.25, -0.2) is 0 Å². The molecule has 0 saturated carbocycles. The van der Waals surface area contributed by atoms with Gasteiger partial charge in [0.15, 0.2) is 0 Å². The molecule has 1 rings (SSSR count). The van der Waals surface area contributed by atoms with E-state index in [1.165, 1.54) is 0 Å². The monoisotopic (exact) mass is 177 g/mol. The van der Waals surface area contributed by atoms with E-state index in [4.69, 9.17) is 20.1 Å². The summed E-state index contributed by atoms with van der Waals surface area (Å²) in [6, 6.07) is 0. The number of β-amino-alcohol motifs (C(OH)–C–C–N with tert-alkyl or cyclic N) is 1. The first-order chi connectivity index (χ1) is 5.54. The van der Waals surface area contributed by atoms with Gasteiger partial charge in [0.05, 0.1) is 12.2 Å². The van der Waals surface area contributed by atoms with Crippen LogP contribution in [0.15, 0.2) is 0 Å². The van der Waals surface area contributed by atoms with Crippen molar-refractivity contribution >= 4 is 5.97 Å². The molecule has 0 aliphatic carbocycles. The lowest BCUT2D eigenvalue weighted by molar-refractivity contribution is -0.134. The fourth-order valence-electron chi connectivity index (χ4n) is 0.828. The highest BCUT2D eigenvalue weighted by atomic mass is 16.4. The van der Waals surface area contributed by atoms with Crippen LogP contribution in [-0.2, 0) is 4.79 Å². The van der Waals surface area contributed by atoms with Crippen LogP contribution in [0.25, 0.3) is 0 Å². The molecule has 72 valence electrons. The summed E-state index contributed by atoms with van der Waals surface area (Å²) in [5.74, 6) is -0.833. The number of aliphatic carboxylic acids is 1. The van der Waals surface area contributed by atoms with Gasteiger partial charge in [0.25, 0.3) is 5.97 Å². The van der Waals surface area contributed by atoms with Crippen LogP contribution in [0, 0.1) is 0 Å². The van der Waals surface area contributed by atoms with Gasteiger partial charge in [-0.3, -0.25) is 4.79 Å². The molecule has 1 heterocycles. The first kappa shape index (κ1) is 11.4. The topological polar surface area (TPSA) is 89.8 Å². The SMILES string of the molecule is CC(=O)O.O[C@@H]1CNCC[C@@H]1O. The molecule has 2 atom stereocenters. The van der Waals surface area contributed by atoms with Gasteiger partial charge in [-0.2, -0.15) is 0 Å². The lowest BCUT2D eigenvalue weighted by Crippen LogP contribution is -2.43. The molecule has 0 radical (unpaired) electrons. The number of carbonyl (C=O) groups is 1. The number of carboxylic acid groups (broad SMARTS) is 1. The van der Waals surface area contributed by atoms with Crippen LogP contribution in [0.4, 0.5) is 0 Å². The van der Waals surface area contributed by atoms with Gasteiger partial charge in [-0.1, -0.05) is 0 Å². The van der Waals surface area contributed by atoms with Crippen molar-refractivity contribution in [2.75, 3.05) is 13.1 Å². The van der Waals surface area contributed by atoms with Crippen molar-refractivity contribution in [2.45, 2.75) is 25.6 Å². The molecule has 0 unspecified atom stereocenters. The second-order valence-electron chi connectivity index (χ2n) is 2.65. The molecule has 5 heteroatoms. The summed E-state index contributed by atoms with van der Waals surface area (Å²) in [5, 5.41) is 28.1. The molecule has 1 aliphatic rings. The van der Waals surface area contributed by atoms with Crippen LogP contribution in [-0.4, -0.2) is 46.6 Å². The fraction of sp³-hybridized carbons (Fsp3) is 0.857. The highest BCUT2D eigenvalue weighted by Crippen LogP contribution is 2.01. The van der Waals surface area contributed by atoms with Crippen molar-refractivity contribution in [3.05, 3.63) is 0 Å². The Morgan fingerprint density at radius 2 is 1.92 bits per heavy atom. The third kappa shape index (κ3) is 6.09. The predicted octanol–water partition coefficient (Wildman–Crippen LogP) is -1.21. The standard InChI is InChI=1S/C5H11NO2.C2H4O2/c7-4-1-2-6-3-5(4)8;1-2(3)4/h4-8H,1-3H2;1H3,(H,3,4)/t4-,5+;/m0./s1. The number of carboxylic acids is 1. The van der Waals surface area contributed by atoms with Gasteiger partial charge in [-0.15, -0.1) is 0 Å². The van der Waals surface area contributed by atoms with E-state index in [1.54, 1.807) is 0 Å². The maximum atomic E-state index is 9.00. The molecule has 12 heavy (non-hydrogen) atoms. The second kappa shape index (κ2) is 5.93. The third-order valence-electron chi connectivity index (χ3n) is 1.41. The molecule has 0 aromatic heterocycles. The van der Waals surface area contributed by atoms with Crippen LogP contribution in [0.2, 0.25) is 0 Å². The Balaban J connectivity index is 0.000000261. The lowest BCUT2D eigenvalue weighted by Gasteiger charge is -2.23. The molecule has 1 fully saturated rings. The number of aliphatic hydroxyl groups is 2. The van der Waals surface area contributed by atoms with E-state index in [-0.39, 0.29) is 0 Å². The number of aliphatic hydroxyl groups excluding tert-OH is 2. The summed E-state index contributed by atoms with van der Waals surface area (Å²) in [5.41, 5.74) is 0. The van der Waals surface area contributed by atoms with E-state index in [9.17, 15) is 0 Å². The summed E-state index contributed by atoms with van der Waals surface area (Å²) in [7, 11) is 0. The average molecular weight is 177 g/mol. The summed E-state index contributed by atoms with van der Waals surface area (Å²) in [4.78, 5) is 9.00. The molecule has 0 aromatic carbocycles. The van der Waals surface area contributed by atoms with E-state index in [1.807, 2.05) is 0 Å². The van der Waals surface area contributed by atoms with Gasteiger partial charge >= 0.3 is 0 Å². The highest BCUT2D eigenvalue weighted by Gasteiger charge is 2.18. The molecule has 0 spiro atoms.